The van der Waals surface area contributed by atoms with Crippen LogP contribution >= 0.6 is 0 Å². The summed E-state index contributed by atoms with van der Waals surface area (Å²) in [6.07, 6.45) is 0.709. The highest BCUT2D eigenvalue weighted by Gasteiger charge is 2.19. The van der Waals surface area contributed by atoms with Crippen molar-refractivity contribution in [3.05, 3.63) is 17.0 Å². The van der Waals surface area contributed by atoms with Gasteiger partial charge in [0.05, 0.1) is 0 Å². The molecule has 4 heteroatoms. The van der Waals surface area contributed by atoms with Gasteiger partial charge >= 0.3 is 5.97 Å². The van der Waals surface area contributed by atoms with Crippen LogP contribution in [-0.4, -0.2) is 20.9 Å². The quantitative estimate of drug-likeness (QED) is 0.804. The van der Waals surface area contributed by atoms with Crippen molar-refractivity contribution in [3.63, 3.8) is 0 Å². The lowest BCUT2D eigenvalue weighted by Gasteiger charge is -2.07. The summed E-state index contributed by atoms with van der Waals surface area (Å²) in [5.74, 6) is -0.940. The van der Waals surface area contributed by atoms with E-state index < -0.39 is 5.97 Å². The van der Waals surface area contributed by atoms with Crippen LogP contribution in [-0.2, 0) is 6.42 Å². The highest BCUT2D eigenvalue weighted by Crippen LogP contribution is 2.18. The minimum Gasteiger partial charge on any atom is -0.476 e. The Morgan fingerprint density at radius 2 is 2.14 bits per heavy atom. The lowest BCUT2D eigenvalue weighted by Crippen LogP contribution is -2.06. The van der Waals surface area contributed by atoms with Crippen LogP contribution in [0, 0.1) is 6.92 Å². The Balaban J connectivity index is 3.32. The summed E-state index contributed by atoms with van der Waals surface area (Å²) in [6, 6.07) is 0.202. The van der Waals surface area contributed by atoms with E-state index in [1.165, 1.54) is 0 Å². The van der Waals surface area contributed by atoms with E-state index in [2.05, 4.69) is 5.10 Å². The van der Waals surface area contributed by atoms with Crippen molar-refractivity contribution in [3.8, 4) is 0 Å². The molecule has 0 fully saturated rings. The second-order valence-corrected chi connectivity index (χ2v) is 3.61. The van der Waals surface area contributed by atoms with Crippen LogP contribution in [0.5, 0.6) is 0 Å². The third-order valence-corrected chi connectivity index (χ3v) is 2.32. The third-order valence-electron chi connectivity index (χ3n) is 2.32. The number of carbonyl (C=O) groups is 1. The second kappa shape index (κ2) is 3.82. The molecule has 1 heterocycles. The SMILES string of the molecule is CCc1c(C(=O)O)nn(C(C)C)c1C. The first-order valence-electron chi connectivity index (χ1n) is 4.80. The predicted molar refractivity (Wildman–Crippen MR) is 53.7 cm³/mol. The Morgan fingerprint density at radius 1 is 1.57 bits per heavy atom. The smallest absolute Gasteiger partial charge is 0.356 e. The maximum atomic E-state index is 10.9. The molecular formula is C10H16N2O2. The van der Waals surface area contributed by atoms with Crippen molar-refractivity contribution in [2.24, 2.45) is 0 Å². The second-order valence-electron chi connectivity index (χ2n) is 3.61. The summed E-state index contributed by atoms with van der Waals surface area (Å²) in [7, 11) is 0. The predicted octanol–water partition coefficient (Wildman–Crippen LogP) is 2.03. The minimum atomic E-state index is -0.940. The van der Waals surface area contributed by atoms with Crippen LogP contribution < -0.4 is 0 Å². The standard InChI is InChI=1S/C10H16N2O2/c1-5-8-7(4)12(6(2)3)11-9(8)10(13)14/h6H,5H2,1-4H3,(H,13,14). The van der Waals surface area contributed by atoms with Crippen LogP contribution in [0.2, 0.25) is 0 Å². The van der Waals surface area contributed by atoms with E-state index in [9.17, 15) is 4.79 Å². The first kappa shape index (κ1) is 10.8. The average Bonchev–Trinajstić information content (AvgIpc) is 2.42. The molecule has 0 unspecified atom stereocenters. The fourth-order valence-corrected chi connectivity index (χ4v) is 1.65. The summed E-state index contributed by atoms with van der Waals surface area (Å²) >= 11 is 0. The zero-order valence-corrected chi connectivity index (χ0v) is 9.03. The Bertz CT molecular complexity index is 353. The van der Waals surface area contributed by atoms with Gasteiger partial charge in [-0.25, -0.2) is 4.79 Å². The maximum Gasteiger partial charge on any atom is 0.356 e. The molecule has 0 radical (unpaired) electrons. The molecule has 1 aromatic heterocycles. The summed E-state index contributed by atoms with van der Waals surface area (Å²) < 4.78 is 1.77. The van der Waals surface area contributed by atoms with Gasteiger partial charge in [0, 0.05) is 17.3 Å². The van der Waals surface area contributed by atoms with Gasteiger partial charge in [0.2, 0.25) is 0 Å². The van der Waals surface area contributed by atoms with Crippen molar-refractivity contribution >= 4 is 5.97 Å². The van der Waals surface area contributed by atoms with Gasteiger partial charge in [0.15, 0.2) is 5.69 Å². The number of carboxylic acid groups (broad SMARTS) is 1. The van der Waals surface area contributed by atoms with Crippen LogP contribution in [0.1, 0.15) is 48.6 Å². The Labute approximate surface area is 83.5 Å². The van der Waals surface area contributed by atoms with Crippen molar-refractivity contribution in [1.82, 2.24) is 9.78 Å². The molecule has 0 aliphatic heterocycles. The number of hydrogen-bond donors (Lipinski definition) is 1. The van der Waals surface area contributed by atoms with Gasteiger partial charge in [-0.1, -0.05) is 6.92 Å². The summed E-state index contributed by atoms with van der Waals surface area (Å²) in [6.45, 7) is 7.84. The largest absolute Gasteiger partial charge is 0.476 e. The van der Waals surface area contributed by atoms with Gasteiger partial charge in [0.25, 0.3) is 0 Å². The molecule has 0 bridgehead atoms. The lowest BCUT2D eigenvalue weighted by atomic mass is 10.1. The molecule has 0 amide bonds. The number of hydrogen-bond acceptors (Lipinski definition) is 2. The molecule has 0 saturated heterocycles. The molecule has 14 heavy (non-hydrogen) atoms. The molecule has 0 aliphatic rings. The first-order chi connectivity index (χ1) is 6.49. The number of aromatic nitrogens is 2. The van der Waals surface area contributed by atoms with E-state index in [4.69, 9.17) is 5.11 Å². The summed E-state index contributed by atoms with van der Waals surface area (Å²) in [5, 5.41) is 13.0. The van der Waals surface area contributed by atoms with Crippen LogP contribution in [0.25, 0.3) is 0 Å². The van der Waals surface area contributed by atoms with Crippen molar-refractivity contribution in [1.29, 1.82) is 0 Å². The number of nitrogens with zero attached hydrogens (tertiary/aromatic N) is 2. The Hall–Kier alpha value is -1.32. The van der Waals surface area contributed by atoms with Gasteiger partial charge in [-0.15, -0.1) is 0 Å². The van der Waals surface area contributed by atoms with E-state index in [1.807, 2.05) is 27.7 Å². The van der Waals surface area contributed by atoms with Crippen molar-refractivity contribution < 1.29 is 9.90 Å². The maximum absolute atomic E-state index is 10.9. The molecule has 1 N–H and O–H groups in total. The zero-order valence-electron chi connectivity index (χ0n) is 9.03. The lowest BCUT2D eigenvalue weighted by molar-refractivity contribution is 0.0688. The van der Waals surface area contributed by atoms with Crippen LogP contribution in [0.4, 0.5) is 0 Å². The molecule has 1 aromatic rings. The monoisotopic (exact) mass is 196 g/mol. The zero-order chi connectivity index (χ0) is 10.9. The number of rotatable bonds is 3. The fraction of sp³-hybridized carbons (Fsp3) is 0.600. The summed E-state index contributed by atoms with van der Waals surface area (Å²) in [5.41, 5.74) is 1.99. The van der Waals surface area contributed by atoms with Gasteiger partial charge in [0.1, 0.15) is 0 Å². The fourth-order valence-electron chi connectivity index (χ4n) is 1.65. The molecule has 0 spiro atoms. The van der Waals surface area contributed by atoms with E-state index in [1.54, 1.807) is 4.68 Å². The van der Waals surface area contributed by atoms with Crippen molar-refractivity contribution in [2.45, 2.75) is 40.2 Å². The van der Waals surface area contributed by atoms with E-state index in [0.29, 0.717) is 6.42 Å². The summed E-state index contributed by atoms with van der Waals surface area (Å²) in [4.78, 5) is 10.9. The van der Waals surface area contributed by atoms with E-state index in [-0.39, 0.29) is 11.7 Å². The molecule has 0 atom stereocenters. The average molecular weight is 196 g/mol. The highest BCUT2D eigenvalue weighted by atomic mass is 16.4. The highest BCUT2D eigenvalue weighted by molar-refractivity contribution is 5.87. The molecule has 78 valence electrons. The van der Waals surface area contributed by atoms with Crippen LogP contribution in [0.3, 0.4) is 0 Å². The normalized spacial score (nSPS) is 10.9. The number of carboxylic acids is 1. The van der Waals surface area contributed by atoms with Crippen molar-refractivity contribution in [2.75, 3.05) is 0 Å². The van der Waals surface area contributed by atoms with E-state index in [0.717, 1.165) is 11.3 Å². The van der Waals surface area contributed by atoms with Crippen LogP contribution in [0.15, 0.2) is 0 Å². The first-order valence-corrected chi connectivity index (χ1v) is 4.80. The molecule has 4 nitrogen and oxygen atoms in total. The molecular weight excluding hydrogens is 180 g/mol. The topological polar surface area (TPSA) is 55.1 Å². The Kier molecular flexibility index (Phi) is 2.93. The van der Waals surface area contributed by atoms with Gasteiger partial charge in [-0.2, -0.15) is 5.10 Å². The minimum absolute atomic E-state index is 0.193. The Morgan fingerprint density at radius 3 is 2.43 bits per heavy atom. The molecule has 0 aliphatic carbocycles. The third kappa shape index (κ3) is 1.64. The van der Waals surface area contributed by atoms with E-state index >= 15 is 0 Å². The number of aromatic carboxylic acids is 1. The van der Waals surface area contributed by atoms with Gasteiger partial charge in [-0.05, 0) is 27.2 Å². The molecule has 0 aromatic carbocycles. The van der Waals surface area contributed by atoms with Gasteiger partial charge < -0.3 is 5.11 Å². The molecule has 1 rings (SSSR count). The molecule has 0 saturated carbocycles. The van der Waals surface area contributed by atoms with Gasteiger partial charge in [-0.3, -0.25) is 4.68 Å².